The number of anilines is 1. The number of carbonyl (C=O) groups is 2. The Labute approximate surface area is 197 Å². The molecule has 2 saturated heterocycles. The zero-order chi connectivity index (χ0) is 22.8. The van der Waals surface area contributed by atoms with Crippen LogP contribution in [0, 0.1) is 0 Å². The summed E-state index contributed by atoms with van der Waals surface area (Å²) in [6.45, 7) is 3.36. The molecule has 2 amide bonds. The van der Waals surface area contributed by atoms with Gasteiger partial charge in [0.05, 0.1) is 6.67 Å². The monoisotopic (exact) mass is 463 g/mol. The van der Waals surface area contributed by atoms with Gasteiger partial charge in [0.25, 0.3) is 5.91 Å². The van der Waals surface area contributed by atoms with Crippen molar-refractivity contribution in [2.75, 3.05) is 37.7 Å². The Morgan fingerprint density at radius 1 is 1.09 bits per heavy atom. The molecular formula is C25H26ClN5O2. The van der Waals surface area contributed by atoms with E-state index in [9.17, 15) is 9.59 Å². The molecule has 5 rings (SSSR count). The highest BCUT2D eigenvalue weighted by atomic mass is 35.5. The first-order valence-corrected chi connectivity index (χ1v) is 11.6. The summed E-state index contributed by atoms with van der Waals surface area (Å²) in [6, 6.07) is 17.5. The number of nitrogens with zero attached hydrogens (tertiary/aromatic N) is 3. The lowest BCUT2D eigenvalue weighted by atomic mass is 9.85. The molecule has 0 bridgehead atoms. The maximum Gasteiger partial charge on any atom is 0.251 e. The molecule has 0 aliphatic carbocycles. The van der Waals surface area contributed by atoms with Crippen LogP contribution in [-0.4, -0.2) is 60.1 Å². The summed E-state index contributed by atoms with van der Waals surface area (Å²) in [4.78, 5) is 33.9. The number of benzene rings is 2. The van der Waals surface area contributed by atoms with E-state index in [1.54, 1.807) is 12.3 Å². The van der Waals surface area contributed by atoms with Gasteiger partial charge >= 0.3 is 0 Å². The minimum Gasteiger partial charge on any atom is -0.351 e. The van der Waals surface area contributed by atoms with Crippen molar-refractivity contribution in [1.29, 1.82) is 0 Å². The van der Waals surface area contributed by atoms with E-state index in [2.05, 4.69) is 25.4 Å². The summed E-state index contributed by atoms with van der Waals surface area (Å²) in [5.74, 6) is 0.00448. The van der Waals surface area contributed by atoms with Crippen LogP contribution in [0.5, 0.6) is 0 Å². The second kappa shape index (κ2) is 9.00. The van der Waals surface area contributed by atoms with Gasteiger partial charge in [0.2, 0.25) is 5.91 Å². The highest BCUT2D eigenvalue weighted by molar-refractivity contribution is 6.29. The second-order valence-electron chi connectivity index (χ2n) is 8.62. The van der Waals surface area contributed by atoms with Crippen LogP contribution in [0.2, 0.25) is 5.15 Å². The lowest BCUT2D eigenvalue weighted by Gasteiger charge is -2.43. The number of fused-ring (bicyclic) bond motifs is 1. The number of pyridine rings is 1. The number of hydrogen-bond acceptors (Lipinski definition) is 5. The summed E-state index contributed by atoms with van der Waals surface area (Å²) in [6.07, 6.45) is 3.11. The van der Waals surface area contributed by atoms with Gasteiger partial charge < -0.3 is 20.4 Å². The first kappa shape index (κ1) is 21.7. The third kappa shape index (κ3) is 4.26. The minimum atomic E-state index is -0.560. The topological polar surface area (TPSA) is 77.6 Å². The van der Waals surface area contributed by atoms with Gasteiger partial charge in [-0.25, -0.2) is 4.98 Å². The molecule has 2 fully saturated rings. The number of halogens is 1. The summed E-state index contributed by atoms with van der Waals surface area (Å²) in [7, 11) is 0. The van der Waals surface area contributed by atoms with Crippen LogP contribution in [-0.2, 0) is 4.79 Å². The van der Waals surface area contributed by atoms with Crippen LogP contribution < -0.4 is 15.5 Å². The van der Waals surface area contributed by atoms with Gasteiger partial charge in [0, 0.05) is 43.6 Å². The van der Waals surface area contributed by atoms with Gasteiger partial charge in [-0.1, -0.05) is 41.9 Å². The normalized spacial score (nSPS) is 18.0. The van der Waals surface area contributed by atoms with Gasteiger partial charge in [-0.15, -0.1) is 0 Å². The molecule has 0 saturated carbocycles. The van der Waals surface area contributed by atoms with Crippen LogP contribution in [0.25, 0.3) is 10.8 Å². The number of carbonyl (C=O) groups excluding carboxylic acids is 2. The van der Waals surface area contributed by atoms with Crippen LogP contribution in [0.3, 0.4) is 0 Å². The number of hydrogen-bond donors (Lipinski definition) is 2. The van der Waals surface area contributed by atoms with Gasteiger partial charge in [-0.2, -0.15) is 0 Å². The molecule has 7 nitrogen and oxygen atoms in total. The second-order valence-corrected chi connectivity index (χ2v) is 9.01. The first-order valence-electron chi connectivity index (χ1n) is 11.2. The number of likely N-dealkylation sites (tertiary alicyclic amines) is 1. The number of piperidine rings is 1. The predicted octanol–water partition coefficient (Wildman–Crippen LogP) is 3.05. The third-order valence-corrected chi connectivity index (χ3v) is 6.97. The summed E-state index contributed by atoms with van der Waals surface area (Å²) in [5, 5.41) is 8.63. The molecule has 170 valence electrons. The zero-order valence-electron chi connectivity index (χ0n) is 18.3. The highest BCUT2D eigenvalue weighted by Crippen LogP contribution is 2.36. The van der Waals surface area contributed by atoms with Crippen molar-refractivity contribution >= 4 is 39.9 Å². The minimum absolute atomic E-state index is 0.0647. The molecule has 1 aromatic heterocycles. The molecule has 2 aliphatic heterocycles. The van der Waals surface area contributed by atoms with Crippen molar-refractivity contribution in [3.8, 4) is 0 Å². The van der Waals surface area contributed by atoms with Crippen molar-refractivity contribution in [3.05, 3.63) is 71.5 Å². The molecular weight excluding hydrogens is 438 g/mol. The van der Waals surface area contributed by atoms with Crippen LogP contribution in [0.15, 0.2) is 60.8 Å². The molecule has 0 unspecified atom stereocenters. The zero-order valence-corrected chi connectivity index (χ0v) is 19.0. The fourth-order valence-corrected chi connectivity index (χ4v) is 5.06. The molecule has 33 heavy (non-hydrogen) atoms. The average Bonchev–Trinajstić information content (AvgIpc) is 3.15. The SMILES string of the molecule is O=C(NCCN1CCC2(CC1)C(=O)NCN2c1ccnc(Cl)c1)c1ccc2ccccc2c1. The highest BCUT2D eigenvalue weighted by Gasteiger charge is 2.50. The average molecular weight is 464 g/mol. The summed E-state index contributed by atoms with van der Waals surface area (Å²) < 4.78 is 0. The first-order chi connectivity index (χ1) is 16.0. The Bertz CT molecular complexity index is 1190. The third-order valence-electron chi connectivity index (χ3n) is 6.77. The number of rotatable bonds is 5. The maximum absolute atomic E-state index is 12.8. The Balaban J connectivity index is 1.16. The largest absolute Gasteiger partial charge is 0.351 e. The lowest BCUT2D eigenvalue weighted by molar-refractivity contribution is -0.125. The van der Waals surface area contributed by atoms with E-state index in [1.807, 2.05) is 48.5 Å². The van der Waals surface area contributed by atoms with E-state index in [1.165, 1.54) is 0 Å². The van der Waals surface area contributed by atoms with Gasteiger partial charge in [0.15, 0.2) is 0 Å². The molecule has 2 N–H and O–H groups in total. The van der Waals surface area contributed by atoms with Crippen LogP contribution in [0.4, 0.5) is 5.69 Å². The fraction of sp³-hybridized carbons (Fsp3) is 0.320. The molecule has 0 radical (unpaired) electrons. The Kier molecular flexibility index (Phi) is 5.91. The van der Waals surface area contributed by atoms with Gasteiger partial charge in [-0.3, -0.25) is 9.59 Å². The molecule has 0 atom stereocenters. The predicted molar refractivity (Wildman–Crippen MR) is 129 cm³/mol. The van der Waals surface area contributed by atoms with Crippen molar-refractivity contribution in [1.82, 2.24) is 20.5 Å². The Morgan fingerprint density at radius 3 is 2.67 bits per heavy atom. The standard InChI is InChI=1S/C25H26ClN5O2/c26-22-16-21(7-10-27-22)31-17-29-24(33)25(31)8-12-30(13-9-25)14-11-28-23(32)20-6-5-18-3-1-2-4-19(18)15-20/h1-7,10,15-16H,8-9,11-14,17H2,(H,28,32)(H,29,33). The molecule has 8 heteroatoms. The Morgan fingerprint density at radius 2 is 1.88 bits per heavy atom. The molecule has 3 aromatic rings. The Hall–Kier alpha value is -3.16. The molecule has 2 aliphatic rings. The van der Waals surface area contributed by atoms with E-state index < -0.39 is 5.54 Å². The molecule has 3 heterocycles. The summed E-state index contributed by atoms with van der Waals surface area (Å²) >= 11 is 6.08. The van der Waals surface area contributed by atoms with E-state index in [0.717, 1.165) is 48.9 Å². The smallest absolute Gasteiger partial charge is 0.251 e. The van der Waals surface area contributed by atoms with Crippen LogP contribution >= 0.6 is 11.6 Å². The van der Waals surface area contributed by atoms with E-state index in [4.69, 9.17) is 11.6 Å². The van der Waals surface area contributed by atoms with Crippen molar-refractivity contribution in [3.63, 3.8) is 0 Å². The van der Waals surface area contributed by atoms with Crippen molar-refractivity contribution in [2.24, 2.45) is 0 Å². The number of aromatic nitrogens is 1. The summed E-state index contributed by atoms with van der Waals surface area (Å²) in [5.41, 5.74) is 1.01. The van der Waals surface area contributed by atoms with Crippen LogP contribution in [0.1, 0.15) is 23.2 Å². The molecule has 1 spiro atoms. The maximum atomic E-state index is 12.8. The van der Waals surface area contributed by atoms with Crippen molar-refractivity contribution in [2.45, 2.75) is 18.4 Å². The number of nitrogens with one attached hydrogen (secondary N) is 2. The van der Waals surface area contributed by atoms with Crippen molar-refractivity contribution < 1.29 is 9.59 Å². The molecule has 2 aromatic carbocycles. The van der Waals surface area contributed by atoms with Gasteiger partial charge in [-0.05, 0) is 47.9 Å². The van der Waals surface area contributed by atoms with E-state index in [0.29, 0.717) is 23.9 Å². The lowest BCUT2D eigenvalue weighted by Crippen LogP contribution is -2.57. The number of amides is 2. The van der Waals surface area contributed by atoms with E-state index in [-0.39, 0.29) is 11.8 Å². The fourth-order valence-electron chi connectivity index (χ4n) is 4.89. The van der Waals surface area contributed by atoms with E-state index >= 15 is 0 Å². The quantitative estimate of drug-likeness (QED) is 0.569. The van der Waals surface area contributed by atoms with Gasteiger partial charge in [0.1, 0.15) is 10.7 Å².